The number of halogens is 1. The number of nitrogens with one attached hydrogen (secondary N) is 1. The van der Waals surface area contributed by atoms with E-state index in [4.69, 9.17) is 4.74 Å². The van der Waals surface area contributed by atoms with Crippen LogP contribution in [0.4, 0.5) is 16.2 Å². The predicted molar refractivity (Wildman–Crippen MR) is 97.7 cm³/mol. The lowest BCUT2D eigenvalue weighted by Gasteiger charge is -2.19. The van der Waals surface area contributed by atoms with Gasteiger partial charge in [0.05, 0.1) is 6.61 Å². The van der Waals surface area contributed by atoms with Crippen molar-refractivity contribution in [3.8, 4) is 5.75 Å². The summed E-state index contributed by atoms with van der Waals surface area (Å²) in [7, 11) is 0. The quantitative estimate of drug-likeness (QED) is 0.773. The van der Waals surface area contributed by atoms with Crippen LogP contribution in [0.3, 0.4) is 0 Å². The molecule has 2 aliphatic rings. The highest BCUT2D eigenvalue weighted by molar-refractivity contribution is 5.93. The first kappa shape index (κ1) is 17.5. The molecule has 1 aliphatic heterocycles. The number of fused-ring (bicyclic) bond motifs is 1. The topological polar surface area (TPSA) is 87.6 Å². The van der Waals surface area contributed by atoms with Crippen LogP contribution in [0.1, 0.15) is 29.3 Å². The van der Waals surface area contributed by atoms with Gasteiger partial charge in [-0.3, -0.25) is 0 Å². The van der Waals surface area contributed by atoms with E-state index in [2.05, 4.69) is 20.2 Å². The third kappa shape index (κ3) is 3.65. The van der Waals surface area contributed by atoms with E-state index < -0.39 is 11.8 Å². The van der Waals surface area contributed by atoms with Crippen LogP contribution in [0.2, 0.25) is 0 Å². The minimum atomic E-state index is -1.11. The molecule has 2 atom stereocenters. The first-order valence-electron chi connectivity index (χ1n) is 9.05. The Labute approximate surface area is 156 Å². The summed E-state index contributed by atoms with van der Waals surface area (Å²) in [5.74, 6) is 0.854. The monoisotopic (exact) mass is 372 g/mol. The molecule has 7 nitrogen and oxygen atoms in total. The molecular weight excluding hydrogens is 351 g/mol. The molecule has 4 rings (SSSR count). The van der Waals surface area contributed by atoms with E-state index >= 15 is 0 Å². The predicted octanol–water partition coefficient (Wildman–Crippen LogP) is 2.78. The van der Waals surface area contributed by atoms with Gasteiger partial charge in [0.15, 0.2) is 11.6 Å². The number of carbonyl (C=O) groups is 1. The molecule has 2 fully saturated rings. The normalized spacial score (nSPS) is 20.3. The number of piperidine rings is 1. The van der Waals surface area contributed by atoms with Crippen LogP contribution in [0, 0.1) is 17.7 Å². The summed E-state index contributed by atoms with van der Waals surface area (Å²) in [5, 5.41) is 12.4. The number of carboxylic acid groups (broad SMARTS) is 1. The summed E-state index contributed by atoms with van der Waals surface area (Å²) in [5.41, 5.74) is 0.657. The number of ether oxygens (including phenoxy) is 1. The second-order valence-electron chi connectivity index (χ2n) is 6.95. The van der Waals surface area contributed by atoms with Crippen molar-refractivity contribution in [2.24, 2.45) is 11.8 Å². The Morgan fingerprint density at radius 2 is 2.19 bits per heavy atom. The number of carboxylic acids is 1. The number of rotatable bonds is 7. The Morgan fingerprint density at radius 1 is 1.41 bits per heavy atom. The fraction of sp³-hybridized carbons (Fsp3) is 0.421. The lowest BCUT2D eigenvalue weighted by molar-refractivity contribution is 0.0697. The Kier molecular flexibility index (Phi) is 4.55. The summed E-state index contributed by atoms with van der Waals surface area (Å²) in [6.07, 6.45) is 2.59. The fourth-order valence-corrected chi connectivity index (χ4v) is 3.49. The van der Waals surface area contributed by atoms with Gasteiger partial charge in [-0.2, -0.15) is 4.98 Å². The second kappa shape index (κ2) is 7.02. The molecule has 1 saturated carbocycles. The molecule has 0 amide bonds. The maximum Gasteiger partial charge on any atom is 0.341 e. The van der Waals surface area contributed by atoms with Crippen LogP contribution in [0.15, 0.2) is 24.4 Å². The minimum absolute atomic E-state index is 0.00508. The summed E-state index contributed by atoms with van der Waals surface area (Å²) in [6, 6.07) is 4.67. The van der Waals surface area contributed by atoms with Gasteiger partial charge in [0, 0.05) is 25.8 Å². The van der Waals surface area contributed by atoms with Gasteiger partial charge in [-0.25, -0.2) is 14.2 Å². The summed E-state index contributed by atoms with van der Waals surface area (Å²) in [4.78, 5) is 22.2. The highest BCUT2D eigenvalue weighted by atomic mass is 19.1. The van der Waals surface area contributed by atoms with Gasteiger partial charge in [0.1, 0.15) is 11.4 Å². The lowest BCUT2D eigenvalue weighted by atomic mass is 10.2. The van der Waals surface area contributed by atoms with Crippen molar-refractivity contribution in [2.75, 3.05) is 29.9 Å². The van der Waals surface area contributed by atoms with Gasteiger partial charge >= 0.3 is 5.97 Å². The Bertz CT molecular complexity index is 866. The SMILES string of the molecule is CCOc1ccc(CNc2nc(N3CC4CC4C3)ncc2C(=O)O)cc1F. The maximum absolute atomic E-state index is 14.0. The fourth-order valence-electron chi connectivity index (χ4n) is 3.49. The average Bonchev–Trinajstić information content (AvgIpc) is 3.27. The molecule has 1 aromatic heterocycles. The average molecular weight is 372 g/mol. The van der Waals surface area contributed by atoms with Gasteiger partial charge in [0.25, 0.3) is 0 Å². The van der Waals surface area contributed by atoms with Gasteiger partial charge in [-0.1, -0.05) is 6.07 Å². The number of hydrogen-bond acceptors (Lipinski definition) is 6. The number of hydrogen-bond donors (Lipinski definition) is 2. The van der Waals surface area contributed by atoms with Crippen LogP contribution in [0.25, 0.3) is 0 Å². The number of aromatic carboxylic acids is 1. The molecule has 1 aliphatic carbocycles. The summed E-state index contributed by atoms with van der Waals surface area (Å²) in [6.45, 7) is 4.25. The van der Waals surface area contributed by atoms with Crippen molar-refractivity contribution in [1.82, 2.24) is 9.97 Å². The highest BCUT2D eigenvalue weighted by Gasteiger charge is 2.45. The Morgan fingerprint density at radius 3 is 2.85 bits per heavy atom. The van der Waals surface area contributed by atoms with E-state index in [0.717, 1.165) is 24.9 Å². The highest BCUT2D eigenvalue weighted by Crippen LogP contribution is 2.45. The molecule has 1 saturated heterocycles. The van der Waals surface area contributed by atoms with Crippen LogP contribution < -0.4 is 15.0 Å². The van der Waals surface area contributed by atoms with Gasteiger partial charge < -0.3 is 20.1 Å². The zero-order valence-electron chi connectivity index (χ0n) is 15.0. The van der Waals surface area contributed by atoms with Crippen LogP contribution in [0.5, 0.6) is 5.75 Å². The molecular formula is C19H21FN4O3. The zero-order valence-corrected chi connectivity index (χ0v) is 15.0. The smallest absolute Gasteiger partial charge is 0.341 e. The van der Waals surface area contributed by atoms with E-state index in [1.807, 2.05) is 0 Å². The van der Waals surface area contributed by atoms with Gasteiger partial charge in [-0.15, -0.1) is 0 Å². The Hall–Kier alpha value is -2.90. The van der Waals surface area contributed by atoms with Gasteiger partial charge in [-0.05, 0) is 42.9 Å². The van der Waals surface area contributed by atoms with Crippen molar-refractivity contribution in [3.05, 3.63) is 41.3 Å². The van der Waals surface area contributed by atoms with Gasteiger partial charge in [0.2, 0.25) is 5.95 Å². The van der Waals surface area contributed by atoms with Crippen molar-refractivity contribution in [1.29, 1.82) is 0 Å². The molecule has 0 bridgehead atoms. The summed E-state index contributed by atoms with van der Waals surface area (Å²) < 4.78 is 19.2. The van der Waals surface area contributed by atoms with E-state index in [0.29, 0.717) is 18.1 Å². The third-order valence-corrected chi connectivity index (χ3v) is 5.02. The largest absolute Gasteiger partial charge is 0.491 e. The number of anilines is 2. The van der Waals surface area contributed by atoms with Crippen molar-refractivity contribution in [3.63, 3.8) is 0 Å². The third-order valence-electron chi connectivity index (χ3n) is 5.02. The summed E-state index contributed by atoms with van der Waals surface area (Å²) >= 11 is 0. The van der Waals surface area contributed by atoms with Crippen molar-refractivity contribution < 1.29 is 19.0 Å². The van der Waals surface area contributed by atoms with E-state index in [-0.39, 0.29) is 23.7 Å². The van der Waals surface area contributed by atoms with E-state index in [1.54, 1.807) is 19.1 Å². The second-order valence-corrected chi connectivity index (χ2v) is 6.95. The molecule has 2 aromatic rings. The van der Waals surface area contributed by atoms with E-state index in [1.165, 1.54) is 18.7 Å². The van der Waals surface area contributed by atoms with Crippen LogP contribution in [-0.4, -0.2) is 40.7 Å². The number of nitrogens with zero attached hydrogens (tertiary/aromatic N) is 3. The molecule has 2 heterocycles. The molecule has 142 valence electrons. The molecule has 2 N–H and O–H groups in total. The van der Waals surface area contributed by atoms with Crippen LogP contribution >= 0.6 is 0 Å². The standard InChI is InChI=1S/C19H21FN4O3/c1-2-27-16-4-3-11(5-15(16)20)7-21-17-14(18(25)26)8-22-19(23-17)24-9-12-6-13(12)10-24/h3-5,8,12-13H,2,6-7,9-10H2,1H3,(H,25,26)(H,21,22,23). The first-order valence-corrected chi connectivity index (χ1v) is 9.05. The van der Waals surface area contributed by atoms with Crippen molar-refractivity contribution >= 4 is 17.7 Å². The lowest BCUT2D eigenvalue weighted by Crippen LogP contribution is -2.25. The van der Waals surface area contributed by atoms with E-state index in [9.17, 15) is 14.3 Å². The molecule has 0 radical (unpaired) electrons. The molecule has 8 heteroatoms. The molecule has 27 heavy (non-hydrogen) atoms. The minimum Gasteiger partial charge on any atom is -0.491 e. The Balaban J connectivity index is 1.51. The zero-order chi connectivity index (χ0) is 19.0. The molecule has 1 aromatic carbocycles. The molecule has 2 unspecified atom stereocenters. The number of benzene rings is 1. The van der Waals surface area contributed by atoms with Crippen LogP contribution in [-0.2, 0) is 6.54 Å². The number of aromatic nitrogens is 2. The maximum atomic E-state index is 14.0. The first-order chi connectivity index (χ1) is 13.0. The van der Waals surface area contributed by atoms with Crippen molar-refractivity contribution in [2.45, 2.75) is 19.9 Å². The molecule has 0 spiro atoms.